The zero-order valence-electron chi connectivity index (χ0n) is 40.6. The fourth-order valence-corrected chi connectivity index (χ4v) is 15.4. The van der Waals surface area contributed by atoms with Crippen molar-refractivity contribution < 1.29 is 0 Å². The van der Waals surface area contributed by atoms with E-state index in [0.717, 1.165) is 0 Å². The van der Waals surface area contributed by atoms with Crippen LogP contribution >= 0.6 is 7.26 Å². The summed E-state index contributed by atoms with van der Waals surface area (Å²) in [6, 6.07) is 0. The van der Waals surface area contributed by atoms with Gasteiger partial charge in [-0.05, 0) is 0 Å². The molecular weight excluding hydrogens is 692 g/mol. The van der Waals surface area contributed by atoms with E-state index in [1.165, 1.54) is 250 Å². The fourth-order valence-electron chi connectivity index (χ4n) is 9.94. The van der Waals surface area contributed by atoms with Crippen molar-refractivity contribution in [3.8, 4) is 0 Å². The van der Waals surface area contributed by atoms with Crippen LogP contribution in [0.15, 0.2) is 0 Å². The Kier molecular flexibility index (Phi) is 50.2. The summed E-state index contributed by atoms with van der Waals surface area (Å²) >= 11 is 0. The second-order valence-electron chi connectivity index (χ2n) is 19.7. The van der Waals surface area contributed by atoms with Crippen LogP contribution in [0, 0.1) is 0 Å². The Morgan fingerprint density at radius 2 is 0.250 bits per heavy atom. The van der Waals surface area contributed by atoms with Gasteiger partial charge in [0.05, 0.1) is 0 Å². The van der Waals surface area contributed by atoms with Gasteiger partial charge in [-0.15, -0.1) is 0 Å². The molecule has 0 amide bonds. The monoisotopic (exact) mass is 807 g/mol. The average molecular weight is 807 g/mol. The summed E-state index contributed by atoms with van der Waals surface area (Å²) in [6.45, 7) is 9.35. The number of hydrogen-bond donors (Lipinski definition) is 0. The first-order chi connectivity index (χ1) is 27.7. The van der Waals surface area contributed by atoms with Crippen molar-refractivity contribution in [2.45, 2.75) is 329 Å². The molecule has 340 valence electrons. The molecule has 1 heteroatoms. The first-order valence-corrected chi connectivity index (χ1v) is 30.6. The molecule has 0 nitrogen and oxygen atoms in total. The second-order valence-corrected chi connectivity index (χ2v) is 24.7. The van der Waals surface area contributed by atoms with E-state index in [4.69, 9.17) is 0 Å². The molecule has 0 aliphatic carbocycles. The SMILES string of the molecule is CCCCCCCCCCCCCC[PH](CCCCCCCCCCCCC)(CCCCCCCCCCCCCC)CCCCCCCCCCCCCC. The number of rotatable bonds is 51. The van der Waals surface area contributed by atoms with Gasteiger partial charge in [0.1, 0.15) is 0 Å². The van der Waals surface area contributed by atoms with E-state index in [1.54, 1.807) is 76.0 Å². The van der Waals surface area contributed by atoms with Crippen LogP contribution in [0.2, 0.25) is 0 Å². The minimum atomic E-state index is -1.18. The van der Waals surface area contributed by atoms with Gasteiger partial charge < -0.3 is 0 Å². The van der Waals surface area contributed by atoms with Crippen molar-refractivity contribution in [3.05, 3.63) is 0 Å². The summed E-state index contributed by atoms with van der Waals surface area (Å²) in [5, 5.41) is 0. The Hall–Kier alpha value is 0.430. The van der Waals surface area contributed by atoms with E-state index in [-0.39, 0.29) is 0 Å². The van der Waals surface area contributed by atoms with E-state index in [9.17, 15) is 0 Å². The molecule has 0 heterocycles. The minimum absolute atomic E-state index is 1.18. The molecule has 0 rings (SSSR count). The van der Waals surface area contributed by atoms with Crippen LogP contribution in [0.5, 0.6) is 0 Å². The Balaban J connectivity index is 4.90. The van der Waals surface area contributed by atoms with Crippen LogP contribution in [-0.2, 0) is 0 Å². The normalized spacial score (nSPS) is 12.3. The number of hydrogen-bond acceptors (Lipinski definition) is 0. The van der Waals surface area contributed by atoms with Gasteiger partial charge in [-0.2, -0.15) is 0 Å². The quantitative estimate of drug-likeness (QED) is 0.0424. The average Bonchev–Trinajstić information content (AvgIpc) is 3.21. The summed E-state index contributed by atoms with van der Waals surface area (Å²) in [4.78, 5) is 0. The predicted molar refractivity (Wildman–Crippen MR) is 267 cm³/mol. The molecule has 0 saturated carbocycles. The molecule has 0 N–H and O–H groups in total. The summed E-state index contributed by atoms with van der Waals surface area (Å²) in [5.74, 6) is 0. The molecule has 0 spiro atoms. The van der Waals surface area contributed by atoms with Gasteiger partial charge in [-0.3, -0.25) is 0 Å². The molecule has 0 aliphatic heterocycles. The Morgan fingerprint density at radius 3 is 0.375 bits per heavy atom. The molecule has 0 unspecified atom stereocenters. The van der Waals surface area contributed by atoms with E-state index in [1.807, 2.05) is 0 Å². The second kappa shape index (κ2) is 49.8. The third-order valence-corrected chi connectivity index (χ3v) is 19.6. The number of unbranched alkanes of at least 4 members (excludes halogenated alkanes) is 43. The molecule has 0 aromatic carbocycles. The van der Waals surface area contributed by atoms with Crippen molar-refractivity contribution in [1.29, 1.82) is 0 Å². The van der Waals surface area contributed by atoms with Crippen LogP contribution in [0.25, 0.3) is 0 Å². The van der Waals surface area contributed by atoms with Crippen molar-refractivity contribution in [2.24, 2.45) is 0 Å². The molecule has 0 radical (unpaired) electrons. The standard InChI is InChI=1S/C55H115P/c1-5-9-13-17-21-25-29-33-37-41-45-49-53-56(52-48-44-40-36-32-28-24-20-16-12-8-4,54-50-46-42-38-34-30-26-22-18-14-10-6-2)55-51-47-43-39-35-31-27-23-19-15-11-7-3/h56H,5-55H2,1-4H3. The van der Waals surface area contributed by atoms with Gasteiger partial charge in [0.15, 0.2) is 0 Å². The molecule has 0 saturated heterocycles. The maximum atomic E-state index is 2.34. The van der Waals surface area contributed by atoms with Crippen LogP contribution in [0.3, 0.4) is 0 Å². The third-order valence-electron chi connectivity index (χ3n) is 14.0. The van der Waals surface area contributed by atoms with Crippen molar-refractivity contribution in [2.75, 3.05) is 24.6 Å². The molecule has 0 atom stereocenters. The zero-order valence-corrected chi connectivity index (χ0v) is 41.6. The van der Waals surface area contributed by atoms with E-state index in [0.29, 0.717) is 0 Å². The van der Waals surface area contributed by atoms with Crippen LogP contribution in [-0.4, -0.2) is 24.6 Å². The minimum Gasteiger partial charge on any atom is -0.0654 e. The van der Waals surface area contributed by atoms with Crippen LogP contribution in [0.4, 0.5) is 0 Å². The fraction of sp³-hybridized carbons (Fsp3) is 1.00. The molecule has 56 heavy (non-hydrogen) atoms. The molecule has 0 fully saturated rings. The Labute approximate surface area is 360 Å². The molecule has 0 aromatic heterocycles. The van der Waals surface area contributed by atoms with E-state index < -0.39 is 7.26 Å². The summed E-state index contributed by atoms with van der Waals surface area (Å²) in [5.41, 5.74) is 0. The van der Waals surface area contributed by atoms with Crippen molar-refractivity contribution in [1.82, 2.24) is 0 Å². The Morgan fingerprint density at radius 1 is 0.143 bits per heavy atom. The topological polar surface area (TPSA) is 0 Å². The van der Waals surface area contributed by atoms with Crippen molar-refractivity contribution in [3.63, 3.8) is 0 Å². The van der Waals surface area contributed by atoms with Gasteiger partial charge in [0.25, 0.3) is 0 Å². The van der Waals surface area contributed by atoms with E-state index >= 15 is 0 Å². The smallest absolute Gasteiger partial charge is 0.0654 e. The van der Waals surface area contributed by atoms with Gasteiger partial charge in [0.2, 0.25) is 0 Å². The first-order valence-electron chi connectivity index (χ1n) is 27.7. The first kappa shape index (κ1) is 56.4. The predicted octanol–water partition coefficient (Wildman–Crippen LogP) is 21.2. The maximum absolute atomic E-state index is 2.34. The summed E-state index contributed by atoms with van der Waals surface area (Å²) in [7, 11) is -1.18. The van der Waals surface area contributed by atoms with Gasteiger partial charge >= 0.3 is 314 Å². The van der Waals surface area contributed by atoms with Crippen LogP contribution < -0.4 is 0 Å². The Bertz CT molecular complexity index is 601. The third kappa shape index (κ3) is 44.0. The van der Waals surface area contributed by atoms with Gasteiger partial charge in [0, 0.05) is 0 Å². The summed E-state index contributed by atoms with van der Waals surface area (Å²) < 4.78 is 0. The zero-order chi connectivity index (χ0) is 40.6. The molecule has 0 aromatic rings. The van der Waals surface area contributed by atoms with Crippen LogP contribution in [0.1, 0.15) is 329 Å². The van der Waals surface area contributed by atoms with Gasteiger partial charge in [-0.25, -0.2) is 0 Å². The molecule has 0 bridgehead atoms. The molecule has 0 aliphatic rings. The van der Waals surface area contributed by atoms with Gasteiger partial charge in [-0.1, -0.05) is 47.0 Å². The summed E-state index contributed by atoms with van der Waals surface area (Å²) in [6.07, 6.45) is 77.0. The van der Waals surface area contributed by atoms with E-state index in [2.05, 4.69) is 27.7 Å². The molecular formula is C55H115P. The van der Waals surface area contributed by atoms with Crippen molar-refractivity contribution >= 4 is 7.26 Å².